The van der Waals surface area contributed by atoms with E-state index in [1.807, 2.05) is 24.3 Å². The van der Waals surface area contributed by atoms with Crippen molar-refractivity contribution in [1.82, 2.24) is 0 Å². The number of benzene rings is 1. The Balaban J connectivity index is 2.43. The van der Waals surface area contributed by atoms with E-state index in [4.69, 9.17) is 14.6 Å². The number of ether oxygens (including phenoxy) is 2. The molecule has 17 heavy (non-hydrogen) atoms. The van der Waals surface area contributed by atoms with Crippen LogP contribution in [0.4, 0.5) is 0 Å². The van der Waals surface area contributed by atoms with Crippen molar-refractivity contribution in [3.8, 4) is 0 Å². The van der Waals surface area contributed by atoms with E-state index in [-0.39, 0.29) is 6.61 Å². The quantitative estimate of drug-likeness (QED) is 0.464. The van der Waals surface area contributed by atoms with Gasteiger partial charge in [-0.2, -0.15) is 0 Å². The number of rotatable bonds is 6. The van der Waals surface area contributed by atoms with Gasteiger partial charge in [-0.3, -0.25) is 0 Å². The second-order valence-corrected chi connectivity index (χ2v) is 3.29. The highest BCUT2D eigenvalue weighted by Crippen LogP contribution is 2.09. The molecule has 1 aromatic carbocycles. The summed E-state index contributed by atoms with van der Waals surface area (Å²) in [6, 6.07) is 7.41. The van der Waals surface area contributed by atoms with Crippen LogP contribution in [-0.4, -0.2) is 17.7 Å². The lowest BCUT2D eigenvalue weighted by Crippen LogP contribution is -1.99. The van der Waals surface area contributed by atoms with E-state index >= 15 is 0 Å². The van der Waals surface area contributed by atoms with Crippen molar-refractivity contribution in [3.63, 3.8) is 0 Å². The zero-order valence-corrected chi connectivity index (χ0v) is 9.76. The first kappa shape index (κ1) is 13.3. The monoisotopic (exact) mass is 236 g/mol. The molecule has 0 fully saturated rings. The third-order valence-electron chi connectivity index (χ3n) is 2.11. The Morgan fingerprint density at radius 2 is 2.06 bits per heavy atom. The Hall–Kier alpha value is -1.81. The van der Waals surface area contributed by atoms with Gasteiger partial charge in [0.2, 0.25) is 0 Å². The standard InChI is InChI=1S/C13H16O4/c1-2-17-13(15)7-8-16-10-12-6-4-3-5-11(12)9-14/h3-8,14H,2,9-10H2,1H3/b8-7+. The molecule has 0 heterocycles. The first-order valence-electron chi connectivity index (χ1n) is 5.40. The highest BCUT2D eigenvalue weighted by Gasteiger charge is 1.99. The molecule has 0 unspecified atom stereocenters. The van der Waals surface area contributed by atoms with Gasteiger partial charge in [0.05, 0.1) is 25.6 Å². The van der Waals surface area contributed by atoms with Gasteiger partial charge in [0.25, 0.3) is 0 Å². The zero-order chi connectivity index (χ0) is 12.5. The summed E-state index contributed by atoms with van der Waals surface area (Å²) in [5, 5.41) is 9.09. The van der Waals surface area contributed by atoms with Gasteiger partial charge in [0.15, 0.2) is 0 Å². The molecule has 0 aliphatic rings. The predicted octanol–water partition coefficient (Wildman–Crippen LogP) is 1.77. The van der Waals surface area contributed by atoms with Gasteiger partial charge < -0.3 is 14.6 Å². The molecule has 1 rings (SSSR count). The molecule has 0 bridgehead atoms. The smallest absolute Gasteiger partial charge is 0.333 e. The van der Waals surface area contributed by atoms with Crippen molar-refractivity contribution in [2.75, 3.05) is 6.61 Å². The van der Waals surface area contributed by atoms with Gasteiger partial charge >= 0.3 is 5.97 Å². The van der Waals surface area contributed by atoms with Crippen molar-refractivity contribution >= 4 is 5.97 Å². The first-order chi connectivity index (χ1) is 8.27. The van der Waals surface area contributed by atoms with E-state index in [0.29, 0.717) is 13.2 Å². The predicted molar refractivity (Wildman–Crippen MR) is 62.9 cm³/mol. The SMILES string of the molecule is CCOC(=O)/C=C/OCc1ccccc1CO. The average Bonchev–Trinajstić information content (AvgIpc) is 2.35. The van der Waals surface area contributed by atoms with Gasteiger partial charge in [-0.15, -0.1) is 0 Å². The third-order valence-corrected chi connectivity index (χ3v) is 2.11. The summed E-state index contributed by atoms with van der Waals surface area (Å²) in [7, 11) is 0. The molecule has 92 valence electrons. The Bertz CT molecular complexity index is 385. The van der Waals surface area contributed by atoms with Crippen LogP contribution in [0, 0.1) is 0 Å². The van der Waals surface area contributed by atoms with E-state index in [2.05, 4.69) is 0 Å². The fraction of sp³-hybridized carbons (Fsp3) is 0.308. The van der Waals surface area contributed by atoms with Crippen molar-refractivity contribution in [3.05, 3.63) is 47.7 Å². The summed E-state index contributed by atoms with van der Waals surface area (Å²) in [4.78, 5) is 10.9. The number of hydrogen-bond donors (Lipinski definition) is 1. The third kappa shape index (κ3) is 4.70. The summed E-state index contributed by atoms with van der Waals surface area (Å²) >= 11 is 0. The lowest BCUT2D eigenvalue weighted by molar-refractivity contribution is -0.137. The van der Waals surface area contributed by atoms with Crippen LogP contribution in [0.25, 0.3) is 0 Å². The molecule has 0 aliphatic heterocycles. The Kier molecular flexibility index (Phi) is 5.82. The zero-order valence-electron chi connectivity index (χ0n) is 9.76. The van der Waals surface area contributed by atoms with Gasteiger partial charge in [-0.05, 0) is 18.1 Å². The Morgan fingerprint density at radius 1 is 1.35 bits per heavy atom. The molecule has 0 aliphatic carbocycles. The lowest BCUT2D eigenvalue weighted by atomic mass is 10.1. The summed E-state index contributed by atoms with van der Waals surface area (Å²) in [5.41, 5.74) is 1.71. The Labute approximate surface area is 100 Å². The van der Waals surface area contributed by atoms with E-state index in [9.17, 15) is 4.79 Å². The van der Waals surface area contributed by atoms with Crippen LogP contribution in [0.3, 0.4) is 0 Å². The van der Waals surface area contributed by atoms with Crippen molar-refractivity contribution in [2.24, 2.45) is 0 Å². The van der Waals surface area contributed by atoms with Crippen molar-refractivity contribution in [1.29, 1.82) is 0 Å². The maximum absolute atomic E-state index is 10.9. The average molecular weight is 236 g/mol. The fourth-order valence-electron chi connectivity index (χ4n) is 1.28. The van der Waals surface area contributed by atoms with Gasteiger partial charge in [-0.1, -0.05) is 24.3 Å². The number of aliphatic hydroxyl groups is 1. The number of hydrogen-bond acceptors (Lipinski definition) is 4. The van der Waals surface area contributed by atoms with Gasteiger partial charge in [0.1, 0.15) is 6.61 Å². The molecule has 0 saturated carbocycles. The Morgan fingerprint density at radius 3 is 2.71 bits per heavy atom. The topological polar surface area (TPSA) is 55.8 Å². The molecule has 1 aromatic rings. The molecule has 1 N–H and O–H groups in total. The first-order valence-corrected chi connectivity index (χ1v) is 5.40. The number of carbonyl (C=O) groups is 1. The van der Waals surface area contributed by atoms with E-state index < -0.39 is 5.97 Å². The molecule has 4 heteroatoms. The van der Waals surface area contributed by atoms with Crippen LogP contribution < -0.4 is 0 Å². The van der Waals surface area contributed by atoms with Gasteiger partial charge in [0, 0.05) is 0 Å². The summed E-state index contributed by atoms with van der Waals surface area (Å²) in [6.07, 6.45) is 2.53. The number of esters is 1. The van der Waals surface area contributed by atoms with Crippen LogP contribution >= 0.6 is 0 Å². The fourth-order valence-corrected chi connectivity index (χ4v) is 1.28. The van der Waals surface area contributed by atoms with Crippen LogP contribution in [0.1, 0.15) is 18.1 Å². The van der Waals surface area contributed by atoms with E-state index in [1.54, 1.807) is 6.92 Å². The molecule has 0 radical (unpaired) electrons. The highest BCUT2D eigenvalue weighted by molar-refractivity contribution is 5.81. The molecule has 0 spiro atoms. The second kappa shape index (κ2) is 7.46. The van der Waals surface area contributed by atoms with Crippen molar-refractivity contribution in [2.45, 2.75) is 20.1 Å². The molecular weight excluding hydrogens is 220 g/mol. The molecule has 0 atom stereocenters. The summed E-state index contributed by atoms with van der Waals surface area (Å²) in [5.74, 6) is -0.428. The molecule has 4 nitrogen and oxygen atoms in total. The van der Waals surface area contributed by atoms with E-state index in [0.717, 1.165) is 11.1 Å². The van der Waals surface area contributed by atoms with Crippen LogP contribution in [0.5, 0.6) is 0 Å². The van der Waals surface area contributed by atoms with E-state index in [1.165, 1.54) is 12.3 Å². The largest absolute Gasteiger partial charge is 0.496 e. The minimum absolute atomic E-state index is 0.0267. The summed E-state index contributed by atoms with van der Waals surface area (Å²) < 4.78 is 9.88. The molecular formula is C13H16O4. The normalized spacial score (nSPS) is 10.5. The number of carbonyl (C=O) groups excluding carboxylic acids is 1. The molecule has 0 amide bonds. The summed E-state index contributed by atoms with van der Waals surface area (Å²) in [6.45, 7) is 2.37. The maximum atomic E-state index is 10.9. The maximum Gasteiger partial charge on any atom is 0.333 e. The molecule has 0 aromatic heterocycles. The minimum Gasteiger partial charge on any atom is -0.496 e. The lowest BCUT2D eigenvalue weighted by Gasteiger charge is -2.06. The second-order valence-electron chi connectivity index (χ2n) is 3.29. The van der Waals surface area contributed by atoms with Crippen LogP contribution in [-0.2, 0) is 27.5 Å². The van der Waals surface area contributed by atoms with Crippen LogP contribution in [0.15, 0.2) is 36.6 Å². The van der Waals surface area contributed by atoms with Crippen molar-refractivity contribution < 1.29 is 19.4 Å². The highest BCUT2D eigenvalue weighted by atomic mass is 16.5. The van der Waals surface area contributed by atoms with Crippen LogP contribution in [0.2, 0.25) is 0 Å². The minimum atomic E-state index is -0.428. The van der Waals surface area contributed by atoms with Gasteiger partial charge in [-0.25, -0.2) is 4.79 Å². The number of aliphatic hydroxyl groups excluding tert-OH is 1. The molecule has 0 saturated heterocycles.